The molecule has 0 radical (unpaired) electrons. The van der Waals surface area contributed by atoms with E-state index in [1.165, 1.54) is 25.7 Å². The fourth-order valence-electron chi connectivity index (χ4n) is 0.856. The number of allylic oxidation sites excluding steroid dienone is 6. The van der Waals surface area contributed by atoms with Gasteiger partial charge in [0.2, 0.25) is 0 Å². The molecular weight excluding hydrogens is 299 g/mol. The van der Waals surface area contributed by atoms with E-state index in [2.05, 4.69) is 51.3 Å². The Labute approximate surface area is 122 Å². The molecule has 1 heteroatoms. The third-order valence-electron chi connectivity index (χ3n) is 1.74. The van der Waals surface area contributed by atoms with Crippen LogP contribution in [-0.2, 0) is 20.4 Å². The van der Waals surface area contributed by atoms with Crippen LogP contribution >= 0.6 is 0 Å². The maximum absolute atomic E-state index is 3.49. The van der Waals surface area contributed by atoms with E-state index in [-0.39, 0.29) is 20.4 Å². The monoisotopic (exact) mass is 324 g/mol. The molecule has 0 spiro atoms. The zero-order valence-electron chi connectivity index (χ0n) is 10.9. The second-order valence-corrected chi connectivity index (χ2v) is 3.25. The minimum absolute atomic E-state index is 0. The van der Waals surface area contributed by atoms with Crippen LogP contribution in [0.3, 0.4) is 0 Å². The van der Waals surface area contributed by atoms with Gasteiger partial charge >= 0.3 is 20.4 Å². The van der Waals surface area contributed by atoms with Gasteiger partial charge in [-0.05, 0) is 25.7 Å². The van der Waals surface area contributed by atoms with E-state index in [0.717, 1.165) is 12.8 Å². The molecule has 0 saturated heterocycles. The third kappa shape index (κ3) is 31.3. The predicted octanol–water partition coefficient (Wildman–Crippen LogP) is 5.46. The second kappa shape index (κ2) is 24.7. The van der Waals surface area contributed by atoms with Crippen molar-refractivity contribution in [2.24, 2.45) is 0 Å². The molecule has 0 aromatic heterocycles. The molecule has 0 atom stereocenters. The van der Waals surface area contributed by atoms with Gasteiger partial charge in [0, 0.05) is 0 Å². The zero-order chi connectivity index (χ0) is 12.5. The maximum Gasteiger partial charge on any atom is 2.00 e. The first-order valence-corrected chi connectivity index (χ1v) is 5.93. The maximum atomic E-state index is 3.49. The number of hydrogen-bond donors (Lipinski definition) is 0. The van der Waals surface area contributed by atoms with Crippen molar-refractivity contribution in [3.05, 3.63) is 63.5 Å². The molecule has 1 rings (SSSR count). The molecule has 0 aromatic carbocycles. The topological polar surface area (TPSA) is 0 Å². The molecule has 0 aromatic rings. The summed E-state index contributed by atoms with van der Waals surface area (Å²) in [6.45, 7) is 13.8. The smallest absolute Gasteiger partial charge is 0.340 e. The Balaban J connectivity index is -0.000000189. The molecule has 0 nitrogen and oxygen atoms in total. The number of hydrogen-bond acceptors (Lipinski definition) is 0. The Morgan fingerprint density at radius 1 is 0.765 bits per heavy atom. The van der Waals surface area contributed by atoms with Crippen LogP contribution < -0.4 is 0 Å². The summed E-state index contributed by atoms with van der Waals surface area (Å²) in [4.78, 5) is 0. The SMILES string of the molecule is C1=C\CC/C=C\CC/1.C=CC[CH2-].C=CC[CH2-].[Pd+2]. The van der Waals surface area contributed by atoms with Crippen LogP contribution in [0, 0.1) is 13.8 Å². The van der Waals surface area contributed by atoms with Gasteiger partial charge in [0.15, 0.2) is 0 Å². The molecule has 1 aliphatic rings. The van der Waals surface area contributed by atoms with E-state index in [1.807, 2.05) is 0 Å². The Hall–Kier alpha value is -0.378. The molecule has 0 aliphatic heterocycles. The molecule has 0 saturated carbocycles. The minimum atomic E-state index is 0. The summed E-state index contributed by atoms with van der Waals surface area (Å²) in [7, 11) is 0. The molecule has 0 N–H and O–H groups in total. The fraction of sp³-hybridized carbons (Fsp3) is 0.375. The first-order valence-electron chi connectivity index (χ1n) is 5.93. The van der Waals surface area contributed by atoms with E-state index in [1.54, 1.807) is 12.2 Å². The zero-order valence-corrected chi connectivity index (χ0v) is 12.4. The van der Waals surface area contributed by atoms with Gasteiger partial charge in [-0.3, -0.25) is 0 Å². The van der Waals surface area contributed by atoms with E-state index in [4.69, 9.17) is 0 Å². The summed E-state index contributed by atoms with van der Waals surface area (Å²) in [6.07, 6.45) is 19.2. The summed E-state index contributed by atoms with van der Waals surface area (Å²) in [5, 5.41) is 0. The molecule has 1 aliphatic carbocycles. The number of rotatable bonds is 2. The Morgan fingerprint density at radius 2 is 0.941 bits per heavy atom. The van der Waals surface area contributed by atoms with Gasteiger partial charge in [0.05, 0.1) is 0 Å². The molecule has 0 fully saturated rings. The summed E-state index contributed by atoms with van der Waals surface area (Å²) in [5.41, 5.74) is 0. The van der Waals surface area contributed by atoms with Crippen LogP contribution in [0.25, 0.3) is 0 Å². The molecule has 0 unspecified atom stereocenters. The van der Waals surface area contributed by atoms with Crippen molar-refractivity contribution < 1.29 is 20.4 Å². The summed E-state index contributed by atoms with van der Waals surface area (Å²) >= 11 is 0. The quantitative estimate of drug-likeness (QED) is 0.359. The van der Waals surface area contributed by atoms with Gasteiger partial charge < -0.3 is 13.8 Å². The Kier molecular flexibility index (Phi) is 31.8. The summed E-state index contributed by atoms with van der Waals surface area (Å²) in [6, 6.07) is 0. The predicted molar refractivity (Wildman–Crippen MR) is 77.1 cm³/mol. The van der Waals surface area contributed by atoms with E-state index in [0.29, 0.717) is 0 Å². The van der Waals surface area contributed by atoms with Crippen LogP contribution in [0.1, 0.15) is 38.5 Å². The van der Waals surface area contributed by atoms with Crippen molar-refractivity contribution in [2.75, 3.05) is 0 Å². The van der Waals surface area contributed by atoms with Crippen molar-refractivity contribution in [3.8, 4) is 0 Å². The second-order valence-electron chi connectivity index (χ2n) is 3.25. The van der Waals surface area contributed by atoms with Crippen molar-refractivity contribution in [1.29, 1.82) is 0 Å². The van der Waals surface area contributed by atoms with E-state index < -0.39 is 0 Å². The van der Waals surface area contributed by atoms with Crippen molar-refractivity contribution in [3.63, 3.8) is 0 Å². The summed E-state index contributed by atoms with van der Waals surface area (Å²) in [5.74, 6) is 0. The van der Waals surface area contributed by atoms with Crippen molar-refractivity contribution in [2.45, 2.75) is 38.5 Å². The van der Waals surface area contributed by atoms with Gasteiger partial charge in [-0.2, -0.15) is 12.8 Å². The molecular formula is C16H26Pd. The minimum Gasteiger partial charge on any atom is -0.340 e. The molecule has 0 amide bonds. The van der Waals surface area contributed by atoms with E-state index in [9.17, 15) is 0 Å². The summed E-state index contributed by atoms with van der Waals surface area (Å²) < 4.78 is 0. The fourth-order valence-corrected chi connectivity index (χ4v) is 0.856. The van der Waals surface area contributed by atoms with Gasteiger partial charge in [-0.25, -0.2) is 0 Å². The van der Waals surface area contributed by atoms with Gasteiger partial charge in [-0.15, -0.1) is 25.3 Å². The largest absolute Gasteiger partial charge is 2.00 e. The third-order valence-corrected chi connectivity index (χ3v) is 1.74. The molecule has 17 heavy (non-hydrogen) atoms. The molecule has 0 heterocycles. The standard InChI is InChI=1S/C8H12.2C4H7.Pd/c1-2-4-6-8-7-5-3-1;2*1-3-4-2;/h1-2,7-8H,3-6H2;2*3H,1-2,4H2;/q;2*-1;+2/b2-1-,8-7-;;;. The van der Waals surface area contributed by atoms with Crippen LogP contribution in [-0.4, -0.2) is 0 Å². The van der Waals surface area contributed by atoms with Gasteiger partial charge in [-0.1, -0.05) is 24.3 Å². The van der Waals surface area contributed by atoms with Crippen LogP contribution in [0.15, 0.2) is 49.6 Å². The van der Waals surface area contributed by atoms with Crippen LogP contribution in [0.2, 0.25) is 0 Å². The average molecular weight is 325 g/mol. The molecule has 0 bridgehead atoms. The van der Waals surface area contributed by atoms with Crippen LogP contribution in [0.5, 0.6) is 0 Å². The normalized spacial score (nSPS) is 16.1. The van der Waals surface area contributed by atoms with Crippen molar-refractivity contribution >= 4 is 0 Å². The average Bonchev–Trinajstić information content (AvgIpc) is 2.29. The Morgan fingerprint density at radius 3 is 1.06 bits per heavy atom. The van der Waals surface area contributed by atoms with Gasteiger partial charge in [0.1, 0.15) is 0 Å². The van der Waals surface area contributed by atoms with Crippen molar-refractivity contribution in [1.82, 2.24) is 0 Å². The van der Waals surface area contributed by atoms with Crippen LogP contribution in [0.4, 0.5) is 0 Å². The first-order chi connectivity index (χ1) is 7.83. The van der Waals surface area contributed by atoms with Gasteiger partial charge in [0.25, 0.3) is 0 Å². The first kappa shape index (κ1) is 21.9. The Bertz CT molecular complexity index is 156. The van der Waals surface area contributed by atoms with E-state index >= 15 is 0 Å². The molecule has 100 valence electrons.